The normalized spacial score (nSPS) is 12.0. The van der Waals surface area contributed by atoms with Gasteiger partial charge in [0.2, 0.25) is 0 Å². The highest BCUT2D eigenvalue weighted by atomic mass is 15.1. The molecule has 1 aromatic heterocycles. The van der Waals surface area contributed by atoms with Crippen molar-refractivity contribution in [2.45, 2.75) is 59.2 Å². The van der Waals surface area contributed by atoms with Gasteiger partial charge in [-0.3, -0.25) is 0 Å². The minimum atomic E-state index is 0.167. The molecular formula is C12H23N3. The van der Waals surface area contributed by atoms with E-state index in [2.05, 4.69) is 42.6 Å². The zero-order chi connectivity index (χ0) is 11.3. The Labute approximate surface area is 92.9 Å². The van der Waals surface area contributed by atoms with Crippen molar-refractivity contribution >= 4 is 0 Å². The molecule has 1 rings (SSSR count). The van der Waals surface area contributed by atoms with Gasteiger partial charge in [0.25, 0.3) is 0 Å². The third-order valence-electron chi connectivity index (χ3n) is 2.35. The average Bonchev–Trinajstić information content (AvgIpc) is 2.57. The van der Waals surface area contributed by atoms with Crippen LogP contribution in [-0.2, 0) is 13.1 Å². The Bertz CT molecular complexity index is 283. The molecule has 1 aromatic rings. The van der Waals surface area contributed by atoms with Crippen LogP contribution in [0, 0.1) is 0 Å². The van der Waals surface area contributed by atoms with Gasteiger partial charge in [-0.05, 0) is 27.2 Å². The van der Waals surface area contributed by atoms with E-state index in [1.54, 1.807) is 0 Å². The fraction of sp³-hybridized carbons (Fsp3) is 0.750. The van der Waals surface area contributed by atoms with Crippen LogP contribution in [0.4, 0.5) is 0 Å². The van der Waals surface area contributed by atoms with Gasteiger partial charge in [-0.15, -0.1) is 0 Å². The fourth-order valence-corrected chi connectivity index (χ4v) is 1.38. The monoisotopic (exact) mass is 209 g/mol. The predicted molar refractivity (Wildman–Crippen MR) is 63.7 cm³/mol. The summed E-state index contributed by atoms with van der Waals surface area (Å²) >= 11 is 0. The first-order valence-electron chi connectivity index (χ1n) is 5.77. The van der Waals surface area contributed by atoms with E-state index >= 15 is 0 Å². The molecule has 0 aliphatic heterocycles. The number of imidazole rings is 1. The smallest absolute Gasteiger partial charge is 0.0948 e. The summed E-state index contributed by atoms with van der Waals surface area (Å²) in [5, 5.41) is 3.48. The first-order chi connectivity index (χ1) is 7.03. The van der Waals surface area contributed by atoms with Crippen LogP contribution in [0.1, 0.15) is 46.2 Å². The Hall–Kier alpha value is -0.830. The van der Waals surface area contributed by atoms with Crippen LogP contribution in [0.2, 0.25) is 0 Å². The molecule has 0 amide bonds. The second-order valence-corrected chi connectivity index (χ2v) is 5.04. The Morgan fingerprint density at radius 1 is 1.40 bits per heavy atom. The van der Waals surface area contributed by atoms with E-state index in [4.69, 9.17) is 0 Å². The van der Waals surface area contributed by atoms with Crippen LogP contribution < -0.4 is 5.32 Å². The molecule has 3 heteroatoms. The van der Waals surface area contributed by atoms with Gasteiger partial charge in [-0.25, -0.2) is 4.98 Å². The number of aryl methyl sites for hydroxylation is 1. The van der Waals surface area contributed by atoms with E-state index in [1.807, 2.05) is 12.5 Å². The van der Waals surface area contributed by atoms with E-state index in [0.29, 0.717) is 0 Å². The topological polar surface area (TPSA) is 29.9 Å². The third kappa shape index (κ3) is 4.47. The highest BCUT2D eigenvalue weighted by Gasteiger charge is 2.10. The summed E-state index contributed by atoms with van der Waals surface area (Å²) in [6.07, 6.45) is 6.33. The van der Waals surface area contributed by atoms with Gasteiger partial charge < -0.3 is 9.88 Å². The van der Waals surface area contributed by atoms with Gasteiger partial charge in [0.15, 0.2) is 0 Å². The number of nitrogens with zero attached hydrogens (tertiary/aromatic N) is 2. The number of hydrogen-bond acceptors (Lipinski definition) is 2. The van der Waals surface area contributed by atoms with Gasteiger partial charge in [-0.1, -0.05) is 13.3 Å². The molecule has 0 unspecified atom stereocenters. The first kappa shape index (κ1) is 12.2. The third-order valence-corrected chi connectivity index (χ3v) is 2.35. The fourth-order valence-electron chi connectivity index (χ4n) is 1.38. The summed E-state index contributed by atoms with van der Waals surface area (Å²) < 4.78 is 2.24. The molecule has 0 fully saturated rings. The molecule has 0 spiro atoms. The van der Waals surface area contributed by atoms with Crippen molar-refractivity contribution in [3.05, 3.63) is 18.2 Å². The molecule has 0 atom stereocenters. The molecule has 0 bridgehead atoms. The molecular weight excluding hydrogens is 186 g/mol. The highest BCUT2D eigenvalue weighted by Crippen LogP contribution is 2.05. The van der Waals surface area contributed by atoms with Crippen molar-refractivity contribution < 1.29 is 0 Å². The van der Waals surface area contributed by atoms with Crippen molar-refractivity contribution in [2.24, 2.45) is 0 Å². The molecule has 0 aliphatic rings. The maximum atomic E-state index is 4.20. The minimum Gasteiger partial charge on any atom is -0.333 e. The number of hydrogen-bond donors (Lipinski definition) is 1. The summed E-state index contributed by atoms with van der Waals surface area (Å²) in [6, 6.07) is 0. The quantitative estimate of drug-likeness (QED) is 0.807. The lowest BCUT2D eigenvalue weighted by Gasteiger charge is -2.20. The van der Waals surface area contributed by atoms with Crippen molar-refractivity contribution in [3.8, 4) is 0 Å². The highest BCUT2D eigenvalue weighted by molar-refractivity contribution is 4.98. The average molecular weight is 209 g/mol. The van der Waals surface area contributed by atoms with E-state index in [0.717, 1.165) is 13.1 Å². The van der Waals surface area contributed by atoms with E-state index in [1.165, 1.54) is 18.5 Å². The summed E-state index contributed by atoms with van der Waals surface area (Å²) in [5.41, 5.74) is 1.44. The largest absolute Gasteiger partial charge is 0.333 e. The second kappa shape index (κ2) is 5.31. The molecule has 0 saturated carbocycles. The summed E-state index contributed by atoms with van der Waals surface area (Å²) in [7, 11) is 0. The lowest BCUT2D eigenvalue weighted by Crippen LogP contribution is -2.35. The summed E-state index contributed by atoms with van der Waals surface area (Å²) in [5.74, 6) is 0. The molecule has 86 valence electrons. The van der Waals surface area contributed by atoms with Crippen LogP contribution >= 0.6 is 0 Å². The molecule has 1 N–H and O–H groups in total. The lowest BCUT2D eigenvalue weighted by molar-refractivity contribution is 0.414. The molecule has 3 nitrogen and oxygen atoms in total. The molecule has 0 aliphatic carbocycles. The molecule has 0 radical (unpaired) electrons. The molecule has 1 heterocycles. The predicted octanol–water partition coefficient (Wildman–Crippen LogP) is 2.57. The van der Waals surface area contributed by atoms with Gasteiger partial charge in [0, 0.05) is 24.8 Å². The van der Waals surface area contributed by atoms with Gasteiger partial charge in [0.1, 0.15) is 0 Å². The number of aromatic nitrogens is 2. The second-order valence-electron chi connectivity index (χ2n) is 5.04. The summed E-state index contributed by atoms with van der Waals surface area (Å²) in [6.45, 7) is 10.7. The number of rotatable bonds is 5. The van der Waals surface area contributed by atoms with Gasteiger partial charge in [-0.2, -0.15) is 0 Å². The number of unbranched alkanes of at least 4 members (excludes halogenated alkanes) is 1. The SMILES string of the molecule is CCCCn1cncc1CNC(C)(C)C. The molecule has 15 heavy (non-hydrogen) atoms. The van der Waals surface area contributed by atoms with Crippen molar-refractivity contribution in [1.82, 2.24) is 14.9 Å². The van der Waals surface area contributed by atoms with Crippen LogP contribution in [0.25, 0.3) is 0 Å². The zero-order valence-corrected chi connectivity index (χ0v) is 10.4. The Kier molecular flexibility index (Phi) is 4.33. The molecule has 0 aromatic carbocycles. The summed E-state index contributed by atoms with van der Waals surface area (Å²) in [4.78, 5) is 4.20. The minimum absolute atomic E-state index is 0.167. The Morgan fingerprint density at radius 2 is 2.13 bits per heavy atom. The van der Waals surface area contributed by atoms with Gasteiger partial charge in [0.05, 0.1) is 12.0 Å². The van der Waals surface area contributed by atoms with E-state index in [-0.39, 0.29) is 5.54 Å². The van der Waals surface area contributed by atoms with E-state index < -0.39 is 0 Å². The first-order valence-corrected chi connectivity index (χ1v) is 5.77. The van der Waals surface area contributed by atoms with Crippen LogP contribution in [0.15, 0.2) is 12.5 Å². The van der Waals surface area contributed by atoms with Crippen LogP contribution in [-0.4, -0.2) is 15.1 Å². The van der Waals surface area contributed by atoms with Crippen molar-refractivity contribution in [3.63, 3.8) is 0 Å². The number of nitrogens with one attached hydrogen (secondary N) is 1. The lowest BCUT2D eigenvalue weighted by atomic mass is 10.1. The maximum Gasteiger partial charge on any atom is 0.0948 e. The Balaban J connectivity index is 2.50. The Morgan fingerprint density at radius 3 is 2.73 bits per heavy atom. The van der Waals surface area contributed by atoms with E-state index in [9.17, 15) is 0 Å². The van der Waals surface area contributed by atoms with Crippen LogP contribution in [0.5, 0.6) is 0 Å². The van der Waals surface area contributed by atoms with Crippen molar-refractivity contribution in [2.75, 3.05) is 0 Å². The van der Waals surface area contributed by atoms with Crippen molar-refractivity contribution in [1.29, 1.82) is 0 Å². The van der Waals surface area contributed by atoms with Crippen LogP contribution in [0.3, 0.4) is 0 Å². The standard InChI is InChI=1S/C12H23N3/c1-5-6-7-15-10-13-8-11(15)9-14-12(2,3)4/h8,10,14H,5-7,9H2,1-4H3. The molecule has 0 saturated heterocycles. The zero-order valence-electron chi connectivity index (χ0n) is 10.4. The maximum absolute atomic E-state index is 4.20. The van der Waals surface area contributed by atoms with Gasteiger partial charge >= 0.3 is 0 Å².